The number of halogens is 1. The Hall–Kier alpha value is -4.75. The summed E-state index contributed by atoms with van der Waals surface area (Å²) in [6, 6.07) is 29.1. The molecule has 0 spiro atoms. The summed E-state index contributed by atoms with van der Waals surface area (Å²) in [6.45, 7) is -0.608. The molecular weight excluding hydrogens is 459 g/mol. The zero-order chi connectivity index (χ0) is 28.2. The van der Waals surface area contributed by atoms with Gasteiger partial charge in [-0.1, -0.05) is 48.5 Å². The van der Waals surface area contributed by atoms with Crippen LogP contribution >= 0.6 is 0 Å². The number of hydrogen-bond acceptors (Lipinski definition) is 2. The zero-order valence-corrected chi connectivity index (χ0v) is 20.3. The fourth-order valence-corrected chi connectivity index (χ4v) is 5.14. The van der Waals surface area contributed by atoms with Crippen molar-refractivity contribution in [2.45, 2.75) is 13.8 Å². The quantitative estimate of drug-likeness (QED) is 0.238. The van der Waals surface area contributed by atoms with E-state index >= 15 is 0 Å². The van der Waals surface area contributed by atoms with Gasteiger partial charge in [0.25, 0.3) is 0 Å². The summed E-state index contributed by atoms with van der Waals surface area (Å²) < 4.78 is 45.9. The second-order valence-corrected chi connectivity index (χ2v) is 9.17. The van der Waals surface area contributed by atoms with Crippen LogP contribution in [0.3, 0.4) is 0 Å². The Morgan fingerprint density at radius 3 is 2.49 bits per heavy atom. The Kier molecular flexibility index (Phi) is 4.58. The third-order valence-corrected chi connectivity index (χ3v) is 6.94. The summed E-state index contributed by atoms with van der Waals surface area (Å²) in [4.78, 5) is 0. The topological polar surface area (TPSA) is 40.8 Å². The predicted octanol–water partition coefficient (Wildman–Crippen LogP) is 8.04. The maximum Gasteiger partial charge on any atom is 0.215 e. The molecule has 0 fully saturated rings. The van der Waals surface area contributed by atoms with Crippen molar-refractivity contribution in [3.63, 3.8) is 0 Å². The van der Waals surface area contributed by atoms with Gasteiger partial charge in [0.15, 0.2) is 6.20 Å². The summed E-state index contributed by atoms with van der Waals surface area (Å²) in [7, 11) is 1.71. The highest BCUT2D eigenvalue weighted by Gasteiger charge is 2.22. The van der Waals surface area contributed by atoms with Gasteiger partial charge in [-0.15, -0.1) is 0 Å². The lowest BCUT2D eigenvalue weighted by molar-refractivity contribution is -0.661. The van der Waals surface area contributed by atoms with E-state index in [2.05, 4.69) is 12.1 Å². The molecule has 0 unspecified atom stereocenters. The largest absolute Gasteiger partial charge is 0.455 e. The van der Waals surface area contributed by atoms with Crippen LogP contribution in [-0.4, -0.2) is 0 Å². The Morgan fingerprint density at radius 2 is 1.70 bits per heavy atom. The summed E-state index contributed by atoms with van der Waals surface area (Å²) in [5, 5.41) is 11.7. The molecule has 4 heteroatoms. The van der Waals surface area contributed by atoms with Gasteiger partial charge < -0.3 is 4.42 Å². The highest BCUT2D eigenvalue weighted by Crippen LogP contribution is 2.41. The second kappa shape index (κ2) is 8.72. The highest BCUT2D eigenvalue weighted by molar-refractivity contribution is 6.13. The fourth-order valence-electron chi connectivity index (χ4n) is 5.14. The molecule has 2 heterocycles. The lowest BCUT2D eigenvalue weighted by atomic mass is 9.93. The van der Waals surface area contributed by atoms with E-state index in [0.29, 0.717) is 28.0 Å². The van der Waals surface area contributed by atoms with Gasteiger partial charge in [0.1, 0.15) is 24.0 Å². The number of benzene rings is 4. The molecule has 2 aromatic heterocycles. The smallest absolute Gasteiger partial charge is 0.215 e. The van der Waals surface area contributed by atoms with Crippen LogP contribution in [-0.2, 0) is 7.05 Å². The molecule has 0 aliphatic rings. The first-order chi connectivity index (χ1) is 19.2. The minimum atomic E-state index is -2.55. The van der Waals surface area contributed by atoms with Crippen molar-refractivity contribution >= 4 is 21.9 Å². The number of rotatable bonds is 3. The molecule has 6 aromatic rings. The maximum atomic E-state index is 14.9. The van der Waals surface area contributed by atoms with E-state index in [1.807, 2.05) is 73.7 Å². The molecule has 0 aliphatic carbocycles. The number of nitrogens with zero attached hydrogens (tertiary/aromatic N) is 2. The lowest BCUT2D eigenvalue weighted by Gasteiger charge is -2.09. The van der Waals surface area contributed by atoms with Gasteiger partial charge in [-0.2, -0.15) is 5.26 Å². The number of nitriles is 1. The second-order valence-electron chi connectivity index (χ2n) is 9.17. The zero-order valence-electron chi connectivity index (χ0n) is 23.3. The van der Waals surface area contributed by atoms with Crippen LogP contribution in [0.5, 0.6) is 0 Å². The minimum absolute atomic E-state index is 0.322. The van der Waals surface area contributed by atoms with E-state index in [9.17, 15) is 9.65 Å². The molecule has 6 rings (SSSR count). The summed E-state index contributed by atoms with van der Waals surface area (Å²) in [5.41, 5.74) is 7.29. The normalized spacial score (nSPS) is 12.8. The molecule has 0 aliphatic heterocycles. The molecule has 37 heavy (non-hydrogen) atoms. The number of hydrogen-bond donors (Lipinski definition) is 0. The van der Waals surface area contributed by atoms with Crippen molar-refractivity contribution in [2.75, 3.05) is 0 Å². The van der Waals surface area contributed by atoms with Crippen molar-refractivity contribution in [1.29, 1.82) is 5.26 Å². The average molecular weight is 487 g/mol. The fraction of sp³-hybridized carbons (Fsp3) is 0.0909. The van der Waals surface area contributed by atoms with E-state index in [4.69, 9.17) is 8.53 Å². The average Bonchev–Trinajstić information content (AvgIpc) is 3.33. The Labute approximate surface area is 218 Å². The molecule has 4 aromatic carbocycles. The molecule has 0 bridgehead atoms. The standard InChI is InChI=1S/C33H24FN2O/c1-20-19-36(3)29(17-28(20)34)26-14-15-30-31(21(26)2)27-13-12-25(18-35)32(33(27)37-30)24-11-7-10-23(16-24)22-8-5-4-6-9-22/h4-17,19H,1-3H3/q+1/i1D3. The van der Waals surface area contributed by atoms with Crippen molar-refractivity contribution in [1.82, 2.24) is 0 Å². The Bertz CT molecular complexity index is 1990. The van der Waals surface area contributed by atoms with Crippen LogP contribution in [0.25, 0.3) is 55.4 Å². The van der Waals surface area contributed by atoms with E-state index in [1.54, 1.807) is 17.7 Å². The number of furan rings is 1. The van der Waals surface area contributed by atoms with Crippen LogP contribution in [0, 0.1) is 30.9 Å². The molecule has 0 N–H and O–H groups in total. The van der Waals surface area contributed by atoms with Crippen molar-refractivity contribution in [2.24, 2.45) is 7.05 Å². The van der Waals surface area contributed by atoms with E-state index in [1.165, 1.54) is 12.3 Å². The van der Waals surface area contributed by atoms with E-state index in [0.717, 1.165) is 38.6 Å². The predicted molar refractivity (Wildman–Crippen MR) is 145 cm³/mol. The van der Waals surface area contributed by atoms with Crippen LogP contribution in [0.15, 0.2) is 95.5 Å². The van der Waals surface area contributed by atoms with Gasteiger partial charge in [-0.25, -0.2) is 8.96 Å². The van der Waals surface area contributed by atoms with Crippen molar-refractivity contribution < 1.29 is 17.5 Å². The number of fused-ring (bicyclic) bond motifs is 3. The molecule has 3 nitrogen and oxygen atoms in total. The maximum absolute atomic E-state index is 14.9. The minimum Gasteiger partial charge on any atom is -0.455 e. The number of aryl methyl sites for hydroxylation is 3. The molecule has 0 radical (unpaired) electrons. The van der Waals surface area contributed by atoms with Gasteiger partial charge in [0.2, 0.25) is 5.69 Å². The first kappa shape index (κ1) is 19.4. The molecule has 0 saturated carbocycles. The molecule has 0 atom stereocenters. The van der Waals surface area contributed by atoms with E-state index in [-0.39, 0.29) is 5.56 Å². The summed E-state index contributed by atoms with van der Waals surface area (Å²) in [6.07, 6.45) is 1.33. The van der Waals surface area contributed by atoms with Gasteiger partial charge in [0, 0.05) is 32.1 Å². The first-order valence-electron chi connectivity index (χ1n) is 13.4. The van der Waals surface area contributed by atoms with Gasteiger partial charge >= 0.3 is 0 Å². The molecular formula is C33H24FN2O+. The molecule has 0 amide bonds. The van der Waals surface area contributed by atoms with Crippen LogP contribution in [0.4, 0.5) is 4.39 Å². The Balaban J connectivity index is 1.58. The van der Waals surface area contributed by atoms with Crippen LogP contribution in [0.1, 0.15) is 20.8 Å². The SMILES string of the molecule is [2H]C([2H])([2H])c1c[n+](C)c(-c2ccc3oc4c(-c5cccc(-c6ccccc6)c5)c(C#N)ccc4c3c2C)cc1F. The number of pyridine rings is 1. The number of aromatic nitrogens is 1. The Morgan fingerprint density at radius 1 is 0.919 bits per heavy atom. The molecule has 0 saturated heterocycles. The van der Waals surface area contributed by atoms with Crippen molar-refractivity contribution in [3.05, 3.63) is 114 Å². The van der Waals surface area contributed by atoms with Crippen LogP contribution < -0.4 is 4.57 Å². The summed E-state index contributed by atoms with van der Waals surface area (Å²) >= 11 is 0. The van der Waals surface area contributed by atoms with Gasteiger partial charge in [-0.3, -0.25) is 0 Å². The summed E-state index contributed by atoms with van der Waals surface area (Å²) in [5.74, 6) is -0.774. The first-order valence-corrected chi connectivity index (χ1v) is 11.9. The third-order valence-electron chi connectivity index (χ3n) is 6.94. The lowest BCUT2D eigenvalue weighted by Crippen LogP contribution is -2.31. The third kappa shape index (κ3) is 3.68. The van der Waals surface area contributed by atoms with Crippen molar-refractivity contribution in [3.8, 4) is 39.6 Å². The highest BCUT2D eigenvalue weighted by atomic mass is 19.1. The van der Waals surface area contributed by atoms with Gasteiger partial charge in [0.05, 0.1) is 17.2 Å². The monoisotopic (exact) mass is 486 g/mol. The van der Waals surface area contributed by atoms with Gasteiger partial charge in [-0.05, 0) is 66.4 Å². The molecule has 178 valence electrons. The van der Waals surface area contributed by atoms with E-state index < -0.39 is 12.7 Å². The van der Waals surface area contributed by atoms with Crippen LogP contribution in [0.2, 0.25) is 0 Å².